The lowest BCUT2D eigenvalue weighted by Crippen LogP contribution is -2.05. The Morgan fingerprint density at radius 3 is 2.25 bits per heavy atom. The average Bonchev–Trinajstić information content (AvgIpc) is 1.59. The smallest absolute Gasteiger partial charge is 0.212 e. The molecule has 0 heterocycles. The van der Waals surface area contributed by atoms with E-state index in [-0.39, 0.29) is 0 Å². The molecular weight excluding hydrogens is 146 g/mol. The molecule has 0 aliphatic rings. The first kappa shape index (κ1) is 8.26. The second kappa shape index (κ2) is 3.32. The van der Waals surface area contributed by atoms with E-state index in [0.717, 1.165) is 11.0 Å². The molecule has 3 nitrogen and oxygen atoms in total. The maximum atomic E-state index is 10.3. The molecule has 0 aromatic heterocycles. The molecular formula is C3H9NO2S2. The van der Waals surface area contributed by atoms with E-state index in [1.54, 1.807) is 0 Å². The van der Waals surface area contributed by atoms with Gasteiger partial charge in [-0.1, -0.05) is 6.92 Å². The van der Waals surface area contributed by atoms with Crippen molar-refractivity contribution in [3.63, 3.8) is 0 Å². The molecule has 0 unspecified atom stereocenters. The van der Waals surface area contributed by atoms with Crippen molar-refractivity contribution < 1.29 is 8.42 Å². The highest BCUT2D eigenvalue weighted by atomic mass is 33.1. The van der Waals surface area contributed by atoms with Crippen molar-refractivity contribution in [3.05, 3.63) is 0 Å². The number of hydrogen-bond acceptors (Lipinski definition) is 4. The minimum absolute atomic E-state index is 0.664. The van der Waals surface area contributed by atoms with Crippen LogP contribution in [0, 0.1) is 0 Å². The third-order valence-electron chi connectivity index (χ3n) is 0.355. The van der Waals surface area contributed by atoms with Gasteiger partial charge in [-0.15, -0.1) is 0 Å². The number of rotatable bonds is 3. The van der Waals surface area contributed by atoms with Crippen LogP contribution in [0.3, 0.4) is 0 Å². The van der Waals surface area contributed by atoms with Crippen molar-refractivity contribution in [1.82, 2.24) is 4.72 Å². The minimum atomic E-state index is -2.88. The molecule has 0 saturated heterocycles. The SMILES string of the molecule is CCNSS(C)(=O)=O. The minimum Gasteiger partial charge on any atom is -0.251 e. The van der Waals surface area contributed by atoms with Crippen LogP contribution in [0.15, 0.2) is 0 Å². The second-order valence-corrected chi connectivity index (χ2v) is 5.47. The zero-order chi connectivity index (χ0) is 6.62. The van der Waals surface area contributed by atoms with E-state index in [4.69, 9.17) is 0 Å². The van der Waals surface area contributed by atoms with Crippen LogP contribution in [0.4, 0.5) is 0 Å². The summed E-state index contributed by atoms with van der Waals surface area (Å²) >= 11 is 0. The van der Waals surface area contributed by atoms with Crippen LogP contribution in [-0.2, 0) is 8.87 Å². The van der Waals surface area contributed by atoms with E-state index in [1.807, 2.05) is 6.92 Å². The van der Waals surface area contributed by atoms with Crippen molar-refractivity contribution in [2.45, 2.75) is 6.92 Å². The summed E-state index contributed by atoms with van der Waals surface area (Å²) in [6, 6.07) is 0. The summed E-state index contributed by atoms with van der Waals surface area (Å²) in [5.41, 5.74) is 0. The van der Waals surface area contributed by atoms with Crippen molar-refractivity contribution in [3.8, 4) is 0 Å². The fourth-order valence-electron chi connectivity index (χ4n) is 0.166. The molecule has 0 aliphatic carbocycles. The first-order chi connectivity index (χ1) is 3.56. The van der Waals surface area contributed by atoms with Gasteiger partial charge in [0.05, 0.1) is 17.2 Å². The lowest BCUT2D eigenvalue weighted by Gasteiger charge is -1.93. The van der Waals surface area contributed by atoms with Crippen LogP contribution in [0.25, 0.3) is 0 Å². The number of nitrogens with one attached hydrogen (secondary N) is 1. The summed E-state index contributed by atoms with van der Waals surface area (Å²) in [6.07, 6.45) is 1.17. The van der Waals surface area contributed by atoms with E-state index in [9.17, 15) is 8.42 Å². The number of hydrogen-bond donors (Lipinski definition) is 1. The Labute approximate surface area is 53.3 Å². The van der Waals surface area contributed by atoms with Gasteiger partial charge >= 0.3 is 0 Å². The van der Waals surface area contributed by atoms with Gasteiger partial charge < -0.3 is 0 Å². The Hall–Kier alpha value is 0.260. The van der Waals surface area contributed by atoms with Crippen LogP contribution >= 0.6 is 11.0 Å². The predicted molar refractivity (Wildman–Crippen MR) is 36.1 cm³/mol. The summed E-state index contributed by atoms with van der Waals surface area (Å²) in [7, 11) is -2.12. The first-order valence-corrected chi connectivity index (χ1v) is 5.40. The molecule has 50 valence electrons. The molecule has 0 aromatic rings. The van der Waals surface area contributed by atoms with Crippen molar-refractivity contribution >= 4 is 19.8 Å². The van der Waals surface area contributed by atoms with Gasteiger partial charge in [-0.25, -0.2) is 8.42 Å². The summed E-state index contributed by atoms with van der Waals surface area (Å²) in [5, 5.41) is 0. The van der Waals surface area contributed by atoms with Gasteiger partial charge in [0.15, 0.2) is 0 Å². The van der Waals surface area contributed by atoms with E-state index in [0.29, 0.717) is 6.54 Å². The molecule has 0 radical (unpaired) electrons. The standard InChI is InChI=1S/C3H9NO2S2/c1-3-4-7-8(2,5)6/h4H,3H2,1-2H3. The van der Waals surface area contributed by atoms with Crippen LogP contribution in [0.1, 0.15) is 6.92 Å². The molecule has 0 bridgehead atoms. The van der Waals surface area contributed by atoms with Crippen LogP contribution < -0.4 is 4.72 Å². The topological polar surface area (TPSA) is 46.2 Å². The summed E-state index contributed by atoms with van der Waals surface area (Å²) < 4.78 is 23.2. The van der Waals surface area contributed by atoms with Gasteiger partial charge in [-0.2, -0.15) is 0 Å². The van der Waals surface area contributed by atoms with Crippen molar-refractivity contribution in [1.29, 1.82) is 0 Å². The Bertz CT molecular complexity index is 139. The highest BCUT2D eigenvalue weighted by Gasteiger charge is 1.98. The monoisotopic (exact) mass is 155 g/mol. The van der Waals surface area contributed by atoms with Gasteiger partial charge in [-0.05, 0) is 0 Å². The maximum absolute atomic E-state index is 10.3. The summed E-state index contributed by atoms with van der Waals surface area (Å²) in [6.45, 7) is 2.51. The Kier molecular flexibility index (Phi) is 3.43. The van der Waals surface area contributed by atoms with Gasteiger partial charge in [0, 0.05) is 6.54 Å². The average molecular weight is 155 g/mol. The molecule has 0 rings (SSSR count). The van der Waals surface area contributed by atoms with Crippen LogP contribution in [-0.4, -0.2) is 21.2 Å². The molecule has 0 aliphatic heterocycles. The second-order valence-electron chi connectivity index (χ2n) is 1.29. The fourth-order valence-corrected chi connectivity index (χ4v) is 1.49. The molecule has 0 fully saturated rings. The van der Waals surface area contributed by atoms with Gasteiger partial charge in [-0.3, -0.25) is 4.72 Å². The lowest BCUT2D eigenvalue weighted by atomic mass is 10.8. The predicted octanol–water partition coefficient (Wildman–Crippen LogP) is 0.204. The highest BCUT2D eigenvalue weighted by Crippen LogP contribution is 2.01. The molecule has 0 saturated carbocycles. The fraction of sp³-hybridized carbons (Fsp3) is 1.00. The molecule has 5 heteroatoms. The van der Waals surface area contributed by atoms with Gasteiger partial charge in [0.1, 0.15) is 0 Å². The van der Waals surface area contributed by atoms with Gasteiger partial charge in [0.2, 0.25) is 8.87 Å². The highest BCUT2D eigenvalue weighted by molar-refractivity contribution is 8.71. The van der Waals surface area contributed by atoms with E-state index < -0.39 is 8.87 Å². The zero-order valence-corrected chi connectivity index (χ0v) is 6.47. The van der Waals surface area contributed by atoms with Crippen LogP contribution in [0.5, 0.6) is 0 Å². The molecule has 0 aromatic carbocycles. The van der Waals surface area contributed by atoms with Crippen molar-refractivity contribution in [2.24, 2.45) is 0 Å². The largest absolute Gasteiger partial charge is 0.251 e. The molecule has 0 atom stereocenters. The third-order valence-corrected chi connectivity index (χ3v) is 2.33. The van der Waals surface area contributed by atoms with Gasteiger partial charge in [0.25, 0.3) is 0 Å². The van der Waals surface area contributed by atoms with E-state index in [1.165, 1.54) is 6.26 Å². The Balaban J connectivity index is 3.42. The Morgan fingerprint density at radius 2 is 2.12 bits per heavy atom. The molecule has 0 spiro atoms. The third kappa shape index (κ3) is 6.26. The zero-order valence-electron chi connectivity index (χ0n) is 4.84. The maximum Gasteiger partial charge on any atom is 0.212 e. The van der Waals surface area contributed by atoms with E-state index >= 15 is 0 Å². The molecule has 0 amide bonds. The van der Waals surface area contributed by atoms with E-state index in [2.05, 4.69) is 4.72 Å². The first-order valence-electron chi connectivity index (χ1n) is 2.17. The normalized spacial score (nSPS) is 11.8. The molecule has 8 heavy (non-hydrogen) atoms. The molecule has 1 N–H and O–H groups in total. The van der Waals surface area contributed by atoms with Crippen molar-refractivity contribution in [2.75, 3.05) is 12.8 Å². The quantitative estimate of drug-likeness (QED) is 0.467. The summed E-state index contributed by atoms with van der Waals surface area (Å²) in [5.74, 6) is 0. The lowest BCUT2D eigenvalue weighted by molar-refractivity contribution is 0.615. The summed E-state index contributed by atoms with van der Waals surface area (Å²) in [4.78, 5) is 0. The Morgan fingerprint density at radius 1 is 1.62 bits per heavy atom. The van der Waals surface area contributed by atoms with Crippen LogP contribution in [0.2, 0.25) is 0 Å².